The Hall–Kier alpha value is -1.91. The molecule has 1 fully saturated rings. The fourth-order valence-corrected chi connectivity index (χ4v) is 3.41. The first kappa shape index (κ1) is 17.9. The van der Waals surface area contributed by atoms with Gasteiger partial charge >= 0.3 is 0 Å². The maximum atomic E-state index is 12.7. The van der Waals surface area contributed by atoms with Gasteiger partial charge in [0.05, 0.1) is 12.2 Å². The lowest BCUT2D eigenvalue weighted by Crippen LogP contribution is -2.30. The molecular formula is C20H23ClN2O2. The van der Waals surface area contributed by atoms with Crippen molar-refractivity contribution in [2.75, 3.05) is 19.6 Å². The van der Waals surface area contributed by atoms with Crippen molar-refractivity contribution < 1.29 is 9.59 Å². The van der Waals surface area contributed by atoms with Crippen LogP contribution < -0.4 is 0 Å². The summed E-state index contributed by atoms with van der Waals surface area (Å²) in [7, 11) is 1.80. The molecule has 2 aromatic rings. The first-order valence-corrected chi connectivity index (χ1v) is 9.14. The van der Waals surface area contributed by atoms with Gasteiger partial charge in [-0.25, -0.2) is 0 Å². The predicted octanol–water partition coefficient (Wildman–Crippen LogP) is 3.97. The van der Waals surface area contributed by atoms with Crippen molar-refractivity contribution in [1.82, 2.24) is 9.47 Å². The van der Waals surface area contributed by atoms with E-state index in [0.717, 1.165) is 25.9 Å². The van der Waals surface area contributed by atoms with Crippen LogP contribution in [0.5, 0.6) is 0 Å². The minimum atomic E-state index is -0.104. The zero-order chi connectivity index (χ0) is 17.8. The van der Waals surface area contributed by atoms with Gasteiger partial charge in [-0.2, -0.15) is 0 Å². The van der Waals surface area contributed by atoms with E-state index >= 15 is 0 Å². The van der Waals surface area contributed by atoms with Gasteiger partial charge in [-0.05, 0) is 56.3 Å². The molecule has 3 rings (SSSR count). The predicted molar refractivity (Wildman–Crippen MR) is 99.5 cm³/mol. The standard InChI is InChI=1S/C20H23ClN2O2/c1-22-13-16(19(24)14-23-10-4-2-3-5-11-23)12-18(22)20(25)15-6-8-17(21)9-7-15/h6-9,12-13H,2-5,10-11,14H2,1H3. The van der Waals surface area contributed by atoms with Gasteiger partial charge in [0.15, 0.2) is 5.78 Å². The summed E-state index contributed by atoms with van der Waals surface area (Å²) in [6.45, 7) is 2.39. The molecule has 5 heteroatoms. The van der Waals surface area contributed by atoms with Crippen LogP contribution in [-0.2, 0) is 7.05 Å². The Morgan fingerprint density at radius 3 is 2.28 bits per heavy atom. The van der Waals surface area contributed by atoms with Crippen LogP contribution in [0.3, 0.4) is 0 Å². The molecule has 1 aliphatic heterocycles. The monoisotopic (exact) mass is 358 g/mol. The highest BCUT2D eigenvalue weighted by Gasteiger charge is 2.19. The van der Waals surface area contributed by atoms with Gasteiger partial charge in [0.25, 0.3) is 0 Å². The van der Waals surface area contributed by atoms with Crippen molar-refractivity contribution in [3.05, 3.63) is 58.4 Å². The molecule has 0 unspecified atom stereocenters. The Morgan fingerprint density at radius 1 is 1.00 bits per heavy atom. The highest BCUT2D eigenvalue weighted by Crippen LogP contribution is 2.17. The molecule has 0 bridgehead atoms. The highest BCUT2D eigenvalue weighted by molar-refractivity contribution is 6.30. The molecule has 25 heavy (non-hydrogen) atoms. The normalized spacial score (nSPS) is 15.8. The number of hydrogen-bond donors (Lipinski definition) is 0. The number of aryl methyl sites for hydroxylation is 1. The van der Waals surface area contributed by atoms with Crippen LogP contribution in [0.2, 0.25) is 5.02 Å². The zero-order valence-corrected chi connectivity index (χ0v) is 15.3. The highest BCUT2D eigenvalue weighted by atomic mass is 35.5. The minimum Gasteiger partial charge on any atom is -0.347 e. The molecule has 0 amide bonds. The summed E-state index contributed by atoms with van der Waals surface area (Å²) in [6, 6.07) is 8.51. The second-order valence-electron chi connectivity index (χ2n) is 6.67. The number of aromatic nitrogens is 1. The van der Waals surface area contributed by atoms with E-state index < -0.39 is 0 Å². The van der Waals surface area contributed by atoms with Gasteiger partial charge in [-0.3, -0.25) is 14.5 Å². The number of nitrogens with zero attached hydrogens (tertiary/aromatic N) is 2. The first-order valence-electron chi connectivity index (χ1n) is 8.77. The van der Waals surface area contributed by atoms with Crippen molar-refractivity contribution in [3.63, 3.8) is 0 Å². The van der Waals surface area contributed by atoms with Gasteiger partial charge in [0.1, 0.15) is 0 Å². The Morgan fingerprint density at radius 2 is 1.64 bits per heavy atom. The number of rotatable bonds is 5. The molecule has 0 N–H and O–H groups in total. The summed E-state index contributed by atoms with van der Waals surface area (Å²) in [5.74, 6) is -0.0272. The number of carbonyl (C=O) groups excluding carboxylic acids is 2. The quantitative estimate of drug-likeness (QED) is 0.759. The van der Waals surface area contributed by atoms with Crippen molar-refractivity contribution in [2.45, 2.75) is 25.7 Å². The lowest BCUT2D eigenvalue weighted by atomic mass is 10.1. The van der Waals surface area contributed by atoms with E-state index in [4.69, 9.17) is 11.6 Å². The van der Waals surface area contributed by atoms with E-state index in [9.17, 15) is 9.59 Å². The number of ketones is 2. The fourth-order valence-electron chi connectivity index (χ4n) is 3.28. The van der Waals surface area contributed by atoms with E-state index in [-0.39, 0.29) is 11.6 Å². The maximum absolute atomic E-state index is 12.7. The average Bonchev–Trinajstić information content (AvgIpc) is 2.81. The third-order valence-corrected chi connectivity index (χ3v) is 4.98. The van der Waals surface area contributed by atoms with Crippen LogP contribution in [0, 0.1) is 0 Å². The van der Waals surface area contributed by atoms with E-state index in [1.165, 1.54) is 12.8 Å². The van der Waals surface area contributed by atoms with E-state index in [2.05, 4.69) is 4.90 Å². The summed E-state index contributed by atoms with van der Waals surface area (Å²) >= 11 is 5.88. The molecule has 1 aromatic carbocycles. The fraction of sp³-hybridized carbons (Fsp3) is 0.400. The van der Waals surface area contributed by atoms with E-state index in [1.807, 2.05) is 0 Å². The Bertz CT molecular complexity index is 757. The topological polar surface area (TPSA) is 42.3 Å². The summed E-state index contributed by atoms with van der Waals surface area (Å²) < 4.78 is 1.73. The summed E-state index contributed by atoms with van der Waals surface area (Å²) in [6.07, 6.45) is 6.56. The summed E-state index contributed by atoms with van der Waals surface area (Å²) in [5, 5.41) is 0.594. The molecule has 0 radical (unpaired) electrons. The number of likely N-dealkylation sites (tertiary alicyclic amines) is 1. The van der Waals surface area contributed by atoms with Gasteiger partial charge in [0.2, 0.25) is 5.78 Å². The zero-order valence-electron chi connectivity index (χ0n) is 14.5. The van der Waals surface area contributed by atoms with Gasteiger partial charge in [-0.1, -0.05) is 24.4 Å². The van der Waals surface area contributed by atoms with Crippen LogP contribution in [0.15, 0.2) is 36.5 Å². The maximum Gasteiger partial charge on any atom is 0.209 e. The Balaban J connectivity index is 1.73. The molecule has 0 saturated carbocycles. The molecule has 0 spiro atoms. The second-order valence-corrected chi connectivity index (χ2v) is 7.11. The molecule has 1 aliphatic rings. The number of hydrogen-bond acceptors (Lipinski definition) is 3. The van der Waals surface area contributed by atoms with E-state index in [1.54, 1.807) is 48.1 Å². The van der Waals surface area contributed by atoms with Crippen molar-refractivity contribution in [2.24, 2.45) is 7.05 Å². The van der Waals surface area contributed by atoms with Crippen LogP contribution in [0.4, 0.5) is 0 Å². The molecule has 4 nitrogen and oxygen atoms in total. The second kappa shape index (κ2) is 7.98. The van der Waals surface area contributed by atoms with Crippen LogP contribution in [-0.4, -0.2) is 40.7 Å². The molecule has 2 heterocycles. The van der Waals surface area contributed by atoms with Crippen molar-refractivity contribution in [1.29, 1.82) is 0 Å². The molecule has 132 valence electrons. The molecule has 0 aliphatic carbocycles. The van der Waals surface area contributed by atoms with Gasteiger partial charge < -0.3 is 4.57 Å². The molecule has 0 atom stereocenters. The van der Waals surface area contributed by atoms with Crippen molar-refractivity contribution in [3.8, 4) is 0 Å². The smallest absolute Gasteiger partial charge is 0.209 e. The Kier molecular flexibility index (Phi) is 5.71. The largest absolute Gasteiger partial charge is 0.347 e. The Labute approximate surface area is 153 Å². The summed E-state index contributed by atoms with van der Waals surface area (Å²) in [5.41, 5.74) is 1.68. The lowest BCUT2D eigenvalue weighted by molar-refractivity contribution is 0.0933. The van der Waals surface area contributed by atoms with Gasteiger partial charge in [-0.15, -0.1) is 0 Å². The molecule has 1 aromatic heterocycles. The van der Waals surface area contributed by atoms with Crippen LogP contribution in [0.25, 0.3) is 0 Å². The number of halogens is 1. The first-order chi connectivity index (χ1) is 12.0. The third kappa shape index (κ3) is 4.39. The van der Waals surface area contributed by atoms with Crippen LogP contribution in [0.1, 0.15) is 52.1 Å². The van der Waals surface area contributed by atoms with Crippen molar-refractivity contribution >= 4 is 23.2 Å². The third-order valence-electron chi connectivity index (χ3n) is 4.73. The minimum absolute atomic E-state index is 0.0765. The lowest BCUT2D eigenvalue weighted by Gasteiger charge is -2.18. The molecule has 1 saturated heterocycles. The van der Waals surface area contributed by atoms with Crippen LogP contribution >= 0.6 is 11.6 Å². The van der Waals surface area contributed by atoms with E-state index in [0.29, 0.717) is 28.4 Å². The average molecular weight is 359 g/mol. The SMILES string of the molecule is Cn1cc(C(=O)CN2CCCCCC2)cc1C(=O)c1ccc(Cl)cc1. The summed E-state index contributed by atoms with van der Waals surface area (Å²) in [4.78, 5) is 27.5. The van der Waals surface area contributed by atoms with Gasteiger partial charge in [0, 0.05) is 29.4 Å². The number of carbonyl (C=O) groups is 2. The number of benzene rings is 1. The molecular weight excluding hydrogens is 336 g/mol. The number of Topliss-reactive ketones (excluding diaryl/α,β-unsaturated/α-hetero) is 1.